The second-order valence-corrected chi connectivity index (χ2v) is 7.49. The van der Waals surface area contributed by atoms with Crippen molar-refractivity contribution in [3.8, 4) is 5.75 Å². The third kappa shape index (κ3) is 2.92. The van der Waals surface area contributed by atoms with Crippen LogP contribution in [0.25, 0.3) is 0 Å². The summed E-state index contributed by atoms with van der Waals surface area (Å²) in [6.07, 6.45) is 2.25. The van der Waals surface area contributed by atoms with Gasteiger partial charge in [0, 0.05) is 16.3 Å². The first-order valence-corrected chi connectivity index (χ1v) is 8.83. The summed E-state index contributed by atoms with van der Waals surface area (Å²) in [6, 6.07) is 12.1. The number of fused-ring (bicyclic) bond motifs is 2. The van der Waals surface area contributed by atoms with Gasteiger partial charge < -0.3 is 10.0 Å². The quantitative estimate of drug-likeness (QED) is 0.732. The molecule has 2 aromatic rings. The standard InChI is InChI=1S/C18H20ClNOS/c1-12(2)6-5-11-20-14-7-3-4-8-15(14)22-16-10-9-13(19)18(21)17(16)20/h3-4,7-10,12,21H,5-6,11H2,1-2H3. The van der Waals surface area contributed by atoms with Gasteiger partial charge in [0.15, 0.2) is 5.75 Å². The topological polar surface area (TPSA) is 23.5 Å². The molecule has 22 heavy (non-hydrogen) atoms. The van der Waals surface area contributed by atoms with Crippen molar-refractivity contribution in [1.82, 2.24) is 0 Å². The highest BCUT2D eigenvalue weighted by molar-refractivity contribution is 7.99. The molecule has 2 aromatic carbocycles. The minimum absolute atomic E-state index is 0.186. The molecule has 0 atom stereocenters. The zero-order chi connectivity index (χ0) is 15.7. The number of nitrogens with zero attached hydrogens (tertiary/aromatic N) is 1. The lowest BCUT2D eigenvalue weighted by Gasteiger charge is -2.33. The minimum atomic E-state index is 0.186. The number of halogens is 1. The van der Waals surface area contributed by atoms with E-state index < -0.39 is 0 Å². The molecule has 116 valence electrons. The van der Waals surface area contributed by atoms with Gasteiger partial charge in [-0.2, -0.15) is 0 Å². The molecule has 0 aromatic heterocycles. The largest absolute Gasteiger partial charge is 0.504 e. The summed E-state index contributed by atoms with van der Waals surface area (Å²) in [7, 11) is 0. The summed E-state index contributed by atoms with van der Waals surface area (Å²) in [5.74, 6) is 0.868. The summed E-state index contributed by atoms with van der Waals surface area (Å²) in [5, 5.41) is 10.9. The van der Waals surface area contributed by atoms with Gasteiger partial charge in [-0.15, -0.1) is 0 Å². The predicted octanol–water partition coefficient (Wildman–Crippen LogP) is 6.08. The van der Waals surface area contributed by atoms with E-state index in [4.69, 9.17) is 11.6 Å². The first-order valence-electron chi connectivity index (χ1n) is 7.64. The van der Waals surface area contributed by atoms with Crippen molar-refractivity contribution >= 4 is 34.7 Å². The van der Waals surface area contributed by atoms with Crippen molar-refractivity contribution < 1.29 is 5.11 Å². The van der Waals surface area contributed by atoms with Gasteiger partial charge in [0.1, 0.15) is 0 Å². The highest BCUT2D eigenvalue weighted by Crippen LogP contribution is 2.53. The number of anilines is 2. The number of para-hydroxylation sites is 1. The minimum Gasteiger partial charge on any atom is -0.504 e. The van der Waals surface area contributed by atoms with E-state index in [1.807, 2.05) is 12.1 Å². The highest BCUT2D eigenvalue weighted by atomic mass is 35.5. The third-order valence-electron chi connectivity index (χ3n) is 3.87. The molecule has 0 radical (unpaired) electrons. The zero-order valence-electron chi connectivity index (χ0n) is 12.8. The zero-order valence-corrected chi connectivity index (χ0v) is 14.4. The van der Waals surface area contributed by atoms with Crippen molar-refractivity contribution in [2.24, 2.45) is 5.92 Å². The Morgan fingerprint density at radius 2 is 1.91 bits per heavy atom. The van der Waals surface area contributed by atoms with E-state index in [0.29, 0.717) is 10.9 Å². The molecule has 0 amide bonds. The van der Waals surface area contributed by atoms with Gasteiger partial charge in [0.2, 0.25) is 0 Å². The van der Waals surface area contributed by atoms with E-state index in [2.05, 4.69) is 36.9 Å². The number of benzene rings is 2. The lowest BCUT2D eigenvalue weighted by atomic mass is 10.1. The number of phenolic OH excluding ortho intramolecular Hbond substituents is 1. The second kappa shape index (κ2) is 6.43. The maximum atomic E-state index is 10.5. The molecule has 4 heteroatoms. The Hall–Kier alpha value is -1.32. The fourth-order valence-electron chi connectivity index (χ4n) is 2.78. The summed E-state index contributed by atoms with van der Waals surface area (Å²) in [6.45, 7) is 5.36. The Kier molecular flexibility index (Phi) is 4.55. The van der Waals surface area contributed by atoms with Crippen molar-refractivity contribution in [3.05, 3.63) is 41.4 Å². The fraction of sp³-hybridized carbons (Fsp3) is 0.333. The van der Waals surface area contributed by atoms with Crippen LogP contribution in [0.1, 0.15) is 26.7 Å². The van der Waals surface area contributed by atoms with Crippen LogP contribution >= 0.6 is 23.4 Å². The molecule has 0 spiro atoms. The maximum Gasteiger partial charge on any atom is 0.159 e. The predicted molar refractivity (Wildman–Crippen MR) is 94.8 cm³/mol. The number of rotatable bonds is 4. The van der Waals surface area contributed by atoms with Crippen LogP contribution in [0.5, 0.6) is 5.75 Å². The van der Waals surface area contributed by atoms with Gasteiger partial charge in [-0.25, -0.2) is 0 Å². The molecular formula is C18H20ClNOS. The Bertz CT molecular complexity index is 687. The van der Waals surface area contributed by atoms with Gasteiger partial charge in [0.05, 0.1) is 16.4 Å². The molecule has 0 fully saturated rings. The fourth-order valence-corrected chi connectivity index (χ4v) is 4.03. The number of hydrogen-bond acceptors (Lipinski definition) is 3. The molecule has 3 rings (SSSR count). The van der Waals surface area contributed by atoms with Gasteiger partial charge in [-0.3, -0.25) is 0 Å². The molecule has 0 unspecified atom stereocenters. The molecule has 1 aliphatic heterocycles. The smallest absolute Gasteiger partial charge is 0.159 e. The molecule has 1 aliphatic rings. The molecule has 0 saturated heterocycles. The molecular weight excluding hydrogens is 314 g/mol. The molecule has 2 nitrogen and oxygen atoms in total. The lowest BCUT2D eigenvalue weighted by Crippen LogP contribution is -2.22. The molecule has 1 heterocycles. The Balaban J connectivity index is 2.01. The van der Waals surface area contributed by atoms with E-state index in [1.54, 1.807) is 17.8 Å². The average Bonchev–Trinajstić information content (AvgIpc) is 2.50. The summed E-state index contributed by atoms with van der Waals surface area (Å²) in [5.41, 5.74) is 2.00. The average molecular weight is 334 g/mol. The Morgan fingerprint density at radius 3 is 2.68 bits per heavy atom. The Morgan fingerprint density at radius 1 is 1.14 bits per heavy atom. The maximum absolute atomic E-state index is 10.5. The van der Waals surface area contributed by atoms with Gasteiger partial charge in [0.25, 0.3) is 0 Å². The van der Waals surface area contributed by atoms with E-state index >= 15 is 0 Å². The van der Waals surface area contributed by atoms with Crippen molar-refractivity contribution in [3.63, 3.8) is 0 Å². The van der Waals surface area contributed by atoms with E-state index in [9.17, 15) is 5.11 Å². The second-order valence-electron chi connectivity index (χ2n) is 6.00. The number of hydrogen-bond donors (Lipinski definition) is 1. The Labute approximate surface area is 141 Å². The van der Waals surface area contributed by atoms with E-state index in [1.165, 1.54) is 11.3 Å². The van der Waals surface area contributed by atoms with Gasteiger partial charge in [-0.1, -0.05) is 49.3 Å². The van der Waals surface area contributed by atoms with E-state index in [-0.39, 0.29) is 5.75 Å². The lowest BCUT2D eigenvalue weighted by molar-refractivity contribution is 0.473. The van der Waals surface area contributed by atoms with Crippen LogP contribution in [0.4, 0.5) is 11.4 Å². The summed E-state index contributed by atoms with van der Waals surface area (Å²) in [4.78, 5) is 4.50. The molecule has 0 bridgehead atoms. The van der Waals surface area contributed by atoms with Crippen LogP contribution < -0.4 is 4.90 Å². The van der Waals surface area contributed by atoms with Crippen LogP contribution in [0.2, 0.25) is 5.02 Å². The monoisotopic (exact) mass is 333 g/mol. The van der Waals surface area contributed by atoms with Crippen LogP contribution in [-0.2, 0) is 0 Å². The van der Waals surface area contributed by atoms with Crippen molar-refractivity contribution in [1.29, 1.82) is 0 Å². The molecule has 0 saturated carbocycles. The first kappa shape index (κ1) is 15.6. The number of aromatic hydroxyl groups is 1. The SMILES string of the molecule is CC(C)CCCN1c2ccccc2Sc2ccc(Cl)c(O)c21. The van der Waals surface area contributed by atoms with Crippen LogP contribution in [0.15, 0.2) is 46.2 Å². The normalized spacial score (nSPS) is 13.2. The van der Waals surface area contributed by atoms with Gasteiger partial charge >= 0.3 is 0 Å². The van der Waals surface area contributed by atoms with Crippen LogP contribution in [-0.4, -0.2) is 11.7 Å². The van der Waals surface area contributed by atoms with Crippen LogP contribution in [0.3, 0.4) is 0 Å². The highest BCUT2D eigenvalue weighted by Gasteiger charge is 2.26. The summed E-state index contributed by atoms with van der Waals surface area (Å²) < 4.78 is 0. The van der Waals surface area contributed by atoms with Crippen molar-refractivity contribution in [2.75, 3.05) is 11.4 Å². The third-order valence-corrected chi connectivity index (χ3v) is 5.29. The number of phenols is 1. The van der Waals surface area contributed by atoms with Gasteiger partial charge in [-0.05, 0) is 43.0 Å². The van der Waals surface area contributed by atoms with E-state index in [0.717, 1.165) is 29.2 Å². The van der Waals surface area contributed by atoms with Crippen LogP contribution in [0, 0.1) is 5.92 Å². The molecule has 0 aliphatic carbocycles. The first-order chi connectivity index (χ1) is 10.6. The van der Waals surface area contributed by atoms with Crippen molar-refractivity contribution in [2.45, 2.75) is 36.5 Å². The summed E-state index contributed by atoms with van der Waals surface area (Å²) >= 11 is 7.83. The molecule has 1 N–H and O–H groups in total.